The third kappa shape index (κ3) is 1.62. The zero-order valence-electron chi connectivity index (χ0n) is 6.57. The van der Waals surface area contributed by atoms with E-state index in [2.05, 4.69) is 10.1 Å². The van der Waals surface area contributed by atoms with Gasteiger partial charge in [0.25, 0.3) is 11.8 Å². The van der Waals surface area contributed by atoms with Crippen molar-refractivity contribution in [3.05, 3.63) is 29.3 Å². The molecule has 2 N–H and O–H groups in total. The van der Waals surface area contributed by atoms with Gasteiger partial charge in [-0.05, 0) is 29.4 Å². The summed E-state index contributed by atoms with van der Waals surface area (Å²) in [5.74, 6) is 0.527. The van der Waals surface area contributed by atoms with Gasteiger partial charge in [-0.25, -0.2) is 0 Å². The summed E-state index contributed by atoms with van der Waals surface area (Å²) in [6, 6.07) is 7.07. The highest BCUT2D eigenvalue weighted by atomic mass is 35.5. The predicted octanol–water partition coefficient (Wildman–Crippen LogP) is 1.97. The minimum atomic E-state index is 0.130. The second-order valence-corrected chi connectivity index (χ2v) is 2.90. The smallest absolute Gasteiger partial charge is 0.261 e. The number of hydrogen-bond donors (Lipinski definition) is 1. The molecule has 0 radical (unpaired) electrons. The highest BCUT2D eigenvalue weighted by Gasteiger charge is 2.05. The Labute approximate surface area is 79.3 Å². The molecular weight excluding hydrogens is 190 g/mol. The maximum atomic E-state index is 5.71. The average molecular weight is 196 g/mol. The number of anilines is 1. The Morgan fingerprint density at radius 1 is 1.23 bits per heavy atom. The molecule has 4 nitrogen and oxygen atoms in total. The van der Waals surface area contributed by atoms with Crippen LogP contribution in [-0.4, -0.2) is 10.1 Å². The van der Waals surface area contributed by atoms with Crippen LogP contribution < -0.4 is 5.73 Å². The molecule has 13 heavy (non-hydrogen) atoms. The fourth-order valence-electron chi connectivity index (χ4n) is 0.945. The van der Waals surface area contributed by atoms with Crippen molar-refractivity contribution in [2.45, 2.75) is 0 Å². The Bertz CT molecular complexity index is 410. The number of hydrogen-bond acceptors (Lipinski definition) is 4. The standard InChI is InChI=1S/C8H6ClN3O/c9-6-3-1-5(2-4-6)7-11-8(10)12-13-7/h1-4H,(H2,10,12). The monoisotopic (exact) mass is 195 g/mol. The maximum absolute atomic E-state index is 5.71. The number of aromatic nitrogens is 2. The van der Waals surface area contributed by atoms with Gasteiger partial charge in [-0.1, -0.05) is 11.6 Å². The van der Waals surface area contributed by atoms with Gasteiger partial charge in [0.05, 0.1) is 0 Å². The molecule has 0 bridgehead atoms. The van der Waals surface area contributed by atoms with E-state index in [9.17, 15) is 0 Å². The summed E-state index contributed by atoms with van der Waals surface area (Å²) >= 11 is 5.71. The SMILES string of the molecule is Nc1noc(-c2ccc(Cl)cc2)n1. The van der Waals surface area contributed by atoms with Gasteiger partial charge in [0.15, 0.2) is 0 Å². The molecular formula is C8H6ClN3O. The average Bonchev–Trinajstić information content (AvgIpc) is 2.53. The molecule has 0 spiro atoms. The van der Waals surface area contributed by atoms with Gasteiger partial charge in [0.2, 0.25) is 0 Å². The summed E-state index contributed by atoms with van der Waals surface area (Å²) < 4.78 is 4.86. The number of rotatable bonds is 1. The van der Waals surface area contributed by atoms with Crippen LogP contribution in [0.4, 0.5) is 5.95 Å². The molecule has 1 aromatic heterocycles. The molecule has 0 aliphatic carbocycles. The number of nitrogens with zero attached hydrogens (tertiary/aromatic N) is 2. The topological polar surface area (TPSA) is 64.9 Å². The molecule has 66 valence electrons. The van der Waals surface area contributed by atoms with Gasteiger partial charge in [0.1, 0.15) is 0 Å². The van der Waals surface area contributed by atoms with E-state index in [4.69, 9.17) is 21.9 Å². The number of nitrogen functional groups attached to an aromatic ring is 1. The number of benzene rings is 1. The van der Waals surface area contributed by atoms with Crippen molar-refractivity contribution >= 4 is 17.5 Å². The minimum Gasteiger partial charge on any atom is -0.365 e. The van der Waals surface area contributed by atoms with Gasteiger partial charge >= 0.3 is 0 Å². The Kier molecular flexibility index (Phi) is 1.90. The zero-order valence-corrected chi connectivity index (χ0v) is 7.32. The Morgan fingerprint density at radius 3 is 2.46 bits per heavy atom. The minimum absolute atomic E-state index is 0.130. The van der Waals surface area contributed by atoms with Crippen LogP contribution >= 0.6 is 11.6 Å². The van der Waals surface area contributed by atoms with E-state index in [1.807, 2.05) is 0 Å². The van der Waals surface area contributed by atoms with E-state index >= 15 is 0 Å². The summed E-state index contributed by atoms with van der Waals surface area (Å²) in [6.07, 6.45) is 0. The summed E-state index contributed by atoms with van der Waals surface area (Å²) in [5.41, 5.74) is 6.10. The molecule has 0 atom stereocenters. The van der Waals surface area contributed by atoms with E-state index in [1.54, 1.807) is 24.3 Å². The quantitative estimate of drug-likeness (QED) is 0.756. The lowest BCUT2D eigenvalue weighted by atomic mass is 10.2. The Hall–Kier alpha value is -1.55. The largest absolute Gasteiger partial charge is 0.365 e. The van der Waals surface area contributed by atoms with Gasteiger partial charge in [-0.2, -0.15) is 4.98 Å². The lowest BCUT2D eigenvalue weighted by Crippen LogP contribution is -1.85. The molecule has 5 heteroatoms. The van der Waals surface area contributed by atoms with E-state index < -0.39 is 0 Å². The van der Waals surface area contributed by atoms with Gasteiger partial charge in [-0.3, -0.25) is 0 Å². The van der Waals surface area contributed by atoms with E-state index in [0.29, 0.717) is 10.9 Å². The van der Waals surface area contributed by atoms with Gasteiger partial charge in [-0.15, -0.1) is 0 Å². The highest BCUT2D eigenvalue weighted by Crippen LogP contribution is 2.19. The highest BCUT2D eigenvalue weighted by molar-refractivity contribution is 6.30. The summed E-state index contributed by atoms with van der Waals surface area (Å²) in [7, 11) is 0. The van der Waals surface area contributed by atoms with Crippen molar-refractivity contribution < 1.29 is 4.52 Å². The molecule has 1 heterocycles. The maximum Gasteiger partial charge on any atom is 0.261 e. The van der Waals surface area contributed by atoms with Crippen molar-refractivity contribution in [3.63, 3.8) is 0 Å². The zero-order chi connectivity index (χ0) is 9.26. The first-order valence-electron chi connectivity index (χ1n) is 3.61. The molecule has 0 amide bonds. The Balaban J connectivity index is 2.41. The third-order valence-corrected chi connectivity index (χ3v) is 1.78. The molecule has 0 unspecified atom stereocenters. The lowest BCUT2D eigenvalue weighted by molar-refractivity contribution is 0.433. The third-order valence-electron chi connectivity index (χ3n) is 1.53. The predicted molar refractivity (Wildman–Crippen MR) is 49.2 cm³/mol. The van der Waals surface area contributed by atoms with Crippen LogP contribution in [0.5, 0.6) is 0 Å². The fourth-order valence-corrected chi connectivity index (χ4v) is 1.07. The van der Waals surface area contributed by atoms with Crippen molar-refractivity contribution in [2.24, 2.45) is 0 Å². The first kappa shape index (κ1) is 8.07. The molecule has 0 saturated heterocycles. The first-order chi connectivity index (χ1) is 6.25. The van der Waals surface area contributed by atoms with Crippen molar-refractivity contribution in [3.8, 4) is 11.5 Å². The number of halogens is 1. The van der Waals surface area contributed by atoms with Crippen LogP contribution in [-0.2, 0) is 0 Å². The summed E-state index contributed by atoms with van der Waals surface area (Å²) in [4.78, 5) is 3.87. The van der Waals surface area contributed by atoms with E-state index in [-0.39, 0.29) is 5.95 Å². The first-order valence-corrected chi connectivity index (χ1v) is 3.98. The van der Waals surface area contributed by atoms with Crippen molar-refractivity contribution in [2.75, 3.05) is 5.73 Å². The number of nitrogens with two attached hydrogens (primary N) is 1. The van der Waals surface area contributed by atoms with Crippen LogP contribution in [0, 0.1) is 0 Å². The molecule has 2 rings (SSSR count). The van der Waals surface area contributed by atoms with Crippen LogP contribution in [0.15, 0.2) is 28.8 Å². The van der Waals surface area contributed by atoms with Crippen LogP contribution in [0.25, 0.3) is 11.5 Å². The molecule has 0 saturated carbocycles. The van der Waals surface area contributed by atoms with E-state index in [0.717, 1.165) is 5.56 Å². The van der Waals surface area contributed by atoms with Gasteiger partial charge in [0, 0.05) is 10.6 Å². The lowest BCUT2D eigenvalue weighted by Gasteiger charge is -1.92. The molecule has 0 fully saturated rings. The molecule has 2 aromatic rings. The second kappa shape index (κ2) is 3.06. The van der Waals surface area contributed by atoms with Crippen molar-refractivity contribution in [1.82, 2.24) is 10.1 Å². The van der Waals surface area contributed by atoms with Gasteiger partial charge < -0.3 is 10.3 Å². The fraction of sp³-hybridized carbons (Fsp3) is 0. The second-order valence-electron chi connectivity index (χ2n) is 2.46. The molecule has 1 aromatic carbocycles. The van der Waals surface area contributed by atoms with Crippen LogP contribution in [0.3, 0.4) is 0 Å². The normalized spacial score (nSPS) is 10.2. The van der Waals surface area contributed by atoms with Crippen LogP contribution in [0.1, 0.15) is 0 Å². The van der Waals surface area contributed by atoms with Crippen LogP contribution in [0.2, 0.25) is 5.02 Å². The summed E-state index contributed by atoms with van der Waals surface area (Å²) in [5, 5.41) is 4.14. The summed E-state index contributed by atoms with van der Waals surface area (Å²) in [6.45, 7) is 0. The van der Waals surface area contributed by atoms with E-state index in [1.165, 1.54) is 0 Å². The molecule has 0 aliphatic rings. The van der Waals surface area contributed by atoms with Crippen molar-refractivity contribution in [1.29, 1.82) is 0 Å². The Morgan fingerprint density at radius 2 is 1.92 bits per heavy atom. The molecule has 0 aliphatic heterocycles.